The van der Waals surface area contributed by atoms with Gasteiger partial charge in [0.2, 0.25) is 5.95 Å². The Hall–Kier alpha value is -1.07. The lowest BCUT2D eigenvalue weighted by atomic mass is 9.96. The Labute approximate surface area is 130 Å². The summed E-state index contributed by atoms with van der Waals surface area (Å²) in [4.78, 5) is 11.4. The molecule has 0 aromatic carbocycles. The number of rotatable bonds is 3. The number of nitrogens with zero attached hydrogens (tertiary/aromatic N) is 3. The van der Waals surface area contributed by atoms with Crippen molar-refractivity contribution in [1.29, 1.82) is 0 Å². The van der Waals surface area contributed by atoms with Crippen LogP contribution in [0, 0.1) is 0 Å². The Balaban J connectivity index is 1.52. The number of ether oxygens (including phenoxy) is 1. The van der Waals surface area contributed by atoms with Crippen LogP contribution < -0.4 is 10.2 Å². The Kier molecular flexibility index (Phi) is 3.63. The van der Waals surface area contributed by atoms with Crippen molar-refractivity contribution in [3.63, 3.8) is 0 Å². The molecule has 1 aliphatic carbocycles. The summed E-state index contributed by atoms with van der Waals surface area (Å²) in [6.07, 6.45) is 7.79. The first-order valence-corrected chi connectivity index (χ1v) is 8.35. The van der Waals surface area contributed by atoms with Gasteiger partial charge in [-0.25, -0.2) is 4.98 Å². The average Bonchev–Trinajstić information content (AvgIpc) is 3.10. The van der Waals surface area contributed by atoms with Gasteiger partial charge in [0.1, 0.15) is 11.0 Å². The van der Waals surface area contributed by atoms with Crippen LogP contribution in [0.5, 0.6) is 0 Å². The highest BCUT2D eigenvalue weighted by molar-refractivity contribution is 6.29. The molecule has 0 amide bonds. The molecule has 1 aromatic rings. The van der Waals surface area contributed by atoms with Crippen LogP contribution in [0.1, 0.15) is 38.5 Å². The summed E-state index contributed by atoms with van der Waals surface area (Å²) in [6.45, 7) is 1.72. The molecule has 2 saturated heterocycles. The highest BCUT2D eigenvalue weighted by Crippen LogP contribution is 2.33. The topological polar surface area (TPSA) is 50.3 Å². The summed E-state index contributed by atoms with van der Waals surface area (Å²) in [5.41, 5.74) is 0. The van der Waals surface area contributed by atoms with Gasteiger partial charge >= 0.3 is 0 Å². The van der Waals surface area contributed by atoms with E-state index in [1.807, 2.05) is 6.07 Å². The largest absolute Gasteiger partial charge is 0.374 e. The molecule has 3 heterocycles. The number of hydrogen-bond acceptors (Lipinski definition) is 5. The second-order valence-electron chi connectivity index (χ2n) is 6.35. The lowest BCUT2D eigenvalue weighted by Gasteiger charge is -2.28. The second kappa shape index (κ2) is 5.61. The van der Waals surface area contributed by atoms with Gasteiger partial charge in [-0.3, -0.25) is 0 Å². The number of halogens is 1. The molecule has 6 heteroatoms. The van der Waals surface area contributed by atoms with Crippen molar-refractivity contribution in [2.24, 2.45) is 0 Å². The molecule has 3 aliphatic rings. The van der Waals surface area contributed by atoms with E-state index in [9.17, 15) is 0 Å². The Morgan fingerprint density at radius 3 is 2.81 bits per heavy atom. The van der Waals surface area contributed by atoms with Gasteiger partial charge in [-0.1, -0.05) is 30.9 Å². The third kappa shape index (κ3) is 2.81. The van der Waals surface area contributed by atoms with Gasteiger partial charge in [0.05, 0.1) is 18.8 Å². The average molecular weight is 309 g/mol. The summed E-state index contributed by atoms with van der Waals surface area (Å²) in [5.74, 6) is 1.61. The molecule has 5 nitrogen and oxygen atoms in total. The Morgan fingerprint density at radius 1 is 1.24 bits per heavy atom. The molecule has 4 rings (SSSR count). The van der Waals surface area contributed by atoms with Crippen molar-refractivity contribution in [3.05, 3.63) is 11.2 Å². The standard InChI is InChI=1S/C15H21ClN4O/c16-13-7-14(20-8-12-6-11(20)9-21-12)19-15(18-13)17-10-4-2-1-3-5-10/h7,10-12H,1-6,8-9H2,(H,17,18,19)/t11-,12-/m0/s1. The lowest BCUT2D eigenvalue weighted by molar-refractivity contribution is 0.0989. The fourth-order valence-electron chi connectivity index (χ4n) is 3.73. The maximum absolute atomic E-state index is 6.20. The van der Waals surface area contributed by atoms with E-state index in [1.165, 1.54) is 32.1 Å². The van der Waals surface area contributed by atoms with E-state index in [0.29, 0.717) is 29.3 Å². The predicted octanol–water partition coefficient (Wildman–Crippen LogP) is 2.85. The van der Waals surface area contributed by atoms with Crippen LogP contribution in [-0.2, 0) is 4.74 Å². The molecular formula is C15H21ClN4O. The zero-order valence-corrected chi connectivity index (χ0v) is 12.9. The van der Waals surface area contributed by atoms with E-state index in [-0.39, 0.29) is 0 Å². The van der Waals surface area contributed by atoms with Gasteiger partial charge in [0.25, 0.3) is 0 Å². The second-order valence-corrected chi connectivity index (χ2v) is 6.74. The molecule has 1 N–H and O–H groups in total. The van der Waals surface area contributed by atoms with Gasteiger partial charge in [-0.05, 0) is 19.3 Å². The van der Waals surface area contributed by atoms with Crippen LogP contribution in [0.15, 0.2) is 6.07 Å². The first kappa shape index (κ1) is 13.6. The summed E-state index contributed by atoms with van der Waals surface area (Å²) < 4.78 is 5.65. The monoisotopic (exact) mass is 308 g/mol. The number of aromatic nitrogens is 2. The molecule has 1 saturated carbocycles. The van der Waals surface area contributed by atoms with Gasteiger partial charge in [-0.15, -0.1) is 0 Å². The van der Waals surface area contributed by atoms with E-state index in [4.69, 9.17) is 21.3 Å². The summed E-state index contributed by atoms with van der Waals surface area (Å²) in [6, 6.07) is 2.81. The van der Waals surface area contributed by atoms with Crippen LogP contribution in [0.4, 0.5) is 11.8 Å². The highest BCUT2D eigenvalue weighted by Gasteiger charge is 2.39. The zero-order chi connectivity index (χ0) is 14.2. The van der Waals surface area contributed by atoms with Crippen molar-refractivity contribution in [3.8, 4) is 0 Å². The quantitative estimate of drug-likeness (QED) is 0.870. The molecule has 3 fully saturated rings. The van der Waals surface area contributed by atoms with Gasteiger partial charge in [0, 0.05) is 18.7 Å². The molecule has 114 valence electrons. The minimum atomic E-state index is 0.360. The fourth-order valence-corrected chi connectivity index (χ4v) is 3.90. The highest BCUT2D eigenvalue weighted by atomic mass is 35.5. The number of anilines is 2. The molecule has 21 heavy (non-hydrogen) atoms. The third-order valence-corrected chi connectivity index (χ3v) is 5.01. The van der Waals surface area contributed by atoms with Gasteiger partial charge in [0.15, 0.2) is 0 Å². The molecule has 1 aromatic heterocycles. The summed E-state index contributed by atoms with van der Waals surface area (Å²) in [5, 5.41) is 3.98. The van der Waals surface area contributed by atoms with Crippen LogP contribution >= 0.6 is 11.6 Å². The normalized spacial score (nSPS) is 29.1. The van der Waals surface area contributed by atoms with Gasteiger partial charge < -0.3 is 15.0 Å². The van der Waals surface area contributed by atoms with E-state index in [2.05, 4.69) is 15.2 Å². The van der Waals surface area contributed by atoms with Crippen LogP contribution in [-0.4, -0.2) is 41.3 Å². The van der Waals surface area contributed by atoms with E-state index in [1.54, 1.807) is 0 Å². The SMILES string of the molecule is Clc1cc(N2C[C@@H]3C[C@H]2CO3)nc(NC2CCCCC2)n1. The maximum atomic E-state index is 6.20. The van der Waals surface area contributed by atoms with Crippen molar-refractivity contribution >= 4 is 23.4 Å². The number of hydrogen-bond donors (Lipinski definition) is 1. The summed E-state index contributed by atoms with van der Waals surface area (Å²) in [7, 11) is 0. The van der Waals surface area contributed by atoms with Crippen LogP contribution in [0.2, 0.25) is 5.15 Å². The van der Waals surface area contributed by atoms with Crippen LogP contribution in [0.3, 0.4) is 0 Å². The van der Waals surface area contributed by atoms with Crippen molar-refractivity contribution in [1.82, 2.24) is 9.97 Å². The van der Waals surface area contributed by atoms with E-state index >= 15 is 0 Å². The zero-order valence-electron chi connectivity index (χ0n) is 12.1. The molecular weight excluding hydrogens is 288 g/mol. The summed E-state index contributed by atoms with van der Waals surface area (Å²) >= 11 is 6.20. The predicted molar refractivity (Wildman–Crippen MR) is 83.0 cm³/mol. The number of fused-ring (bicyclic) bond motifs is 2. The molecule has 0 spiro atoms. The van der Waals surface area contributed by atoms with Crippen molar-refractivity contribution in [2.45, 2.75) is 56.7 Å². The molecule has 2 aliphatic heterocycles. The molecule has 0 unspecified atom stereocenters. The Bertz CT molecular complexity index is 520. The maximum Gasteiger partial charge on any atom is 0.226 e. The van der Waals surface area contributed by atoms with Crippen molar-refractivity contribution < 1.29 is 4.74 Å². The fraction of sp³-hybridized carbons (Fsp3) is 0.733. The minimum Gasteiger partial charge on any atom is -0.374 e. The first-order valence-electron chi connectivity index (χ1n) is 7.97. The molecule has 2 bridgehead atoms. The molecule has 0 radical (unpaired) electrons. The number of nitrogens with one attached hydrogen (secondary N) is 1. The minimum absolute atomic E-state index is 0.360. The van der Waals surface area contributed by atoms with Gasteiger partial charge in [-0.2, -0.15) is 4.98 Å². The third-order valence-electron chi connectivity index (χ3n) is 4.81. The molecule has 2 atom stereocenters. The van der Waals surface area contributed by atoms with E-state index < -0.39 is 0 Å². The Morgan fingerprint density at radius 2 is 2.10 bits per heavy atom. The first-order chi connectivity index (χ1) is 10.3. The van der Waals surface area contributed by atoms with E-state index in [0.717, 1.165) is 25.4 Å². The van der Waals surface area contributed by atoms with Crippen molar-refractivity contribution in [2.75, 3.05) is 23.4 Å². The smallest absolute Gasteiger partial charge is 0.226 e. The van der Waals surface area contributed by atoms with Crippen LogP contribution in [0.25, 0.3) is 0 Å². The number of morpholine rings is 1. The lowest BCUT2D eigenvalue weighted by Crippen LogP contribution is -2.37.